The van der Waals surface area contributed by atoms with E-state index in [0.29, 0.717) is 36.7 Å². The van der Waals surface area contributed by atoms with Gasteiger partial charge in [-0.25, -0.2) is 0 Å². The smallest absolute Gasteiger partial charge is 0.265 e. The Balaban J connectivity index is 1.33. The molecule has 1 aliphatic heterocycles. The monoisotopic (exact) mass is 460 g/mol. The number of hydrogen-bond acceptors (Lipinski definition) is 5. The topological polar surface area (TPSA) is 77.1 Å². The number of aryl methyl sites for hydroxylation is 2. The molecule has 0 unspecified atom stereocenters. The molecule has 7 heteroatoms. The molecule has 0 bridgehead atoms. The zero-order valence-electron chi connectivity index (χ0n) is 19.4. The Morgan fingerprint density at radius 1 is 1.00 bits per heavy atom. The predicted molar refractivity (Wildman–Crippen MR) is 131 cm³/mol. The Labute approximate surface area is 199 Å². The van der Waals surface area contributed by atoms with Crippen LogP contribution < -0.4 is 24.4 Å². The number of ether oxygens (including phenoxy) is 3. The van der Waals surface area contributed by atoms with Gasteiger partial charge in [0.1, 0.15) is 17.2 Å². The van der Waals surface area contributed by atoms with Gasteiger partial charge in [0, 0.05) is 18.3 Å². The molecule has 0 saturated carbocycles. The third-order valence-corrected chi connectivity index (χ3v) is 5.48. The molecule has 4 rings (SSSR count). The van der Waals surface area contributed by atoms with E-state index in [4.69, 9.17) is 14.2 Å². The molecule has 0 saturated heterocycles. The van der Waals surface area contributed by atoms with Crippen LogP contribution in [0.1, 0.15) is 17.5 Å². The van der Waals surface area contributed by atoms with E-state index in [-0.39, 0.29) is 25.0 Å². The van der Waals surface area contributed by atoms with Gasteiger partial charge in [-0.3, -0.25) is 9.59 Å². The van der Waals surface area contributed by atoms with Crippen molar-refractivity contribution < 1.29 is 23.8 Å². The summed E-state index contributed by atoms with van der Waals surface area (Å²) in [5, 5.41) is 2.83. The average Bonchev–Trinajstić information content (AvgIpc) is 2.83. The normalized spacial score (nSPS) is 12.5. The molecule has 2 amide bonds. The van der Waals surface area contributed by atoms with Gasteiger partial charge in [0.25, 0.3) is 11.8 Å². The maximum absolute atomic E-state index is 12.4. The summed E-state index contributed by atoms with van der Waals surface area (Å²) in [5.41, 5.74) is 3.22. The number of carbonyl (C=O) groups excluding carboxylic acids is 2. The maximum atomic E-state index is 12.4. The lowest BCUT2D eigenvalue weighted by atomic mass is 10.1. The fourth-order valence-electron chi connectivity index (χ4n) is 3.82. The largest absolute Gasteiger partial charge is 0.494 e. The Hall–Kier alpha value is -4.00. The second-order valence-corrected chi connectivity index (χ2v) is 8.09. The second-order valence-electron chi connectivity index (χ2n) is 8.09. The van der Waals surface area contributed by atoms with E-state index in [9.17, 15) is 9.59 Å². The van der Waals surface area contributed by atoms with Gasteiger partial charge >= 0.3 is 0 Å². The van der Waals surface area contributed by atoms with Crippen LogP contribution in [0, 0.1) is 13.8 Å². The van der Waals surface area contributed by atoms with Gasteiger partial charge < -0.3 is 24.4 Å². The quantitative estimate of drug-likeness (QED) is 0.475. The van der Waals surface area contributed by atoms with Crippen LogP contribution in [-0.4, -0.2) is 38.2 Å². The number of benzene rings is 3. The molecule has 1 N–H and O–H groups in total. The first-order valence-electron chi connectivity index (χ1n) is 11.2. The zero-order chi connectivity index (χ0) is 23.9. The van der Waals surface area contributed by atoms with Gasteiger partial charge in [-0.05, 0) is 55.7 Å². The van der Waals surface area contributed by atoms with Crippen molar-refractivity contribution in [1.29, 1.82) is 0 Å². The highest BCUT2D eigenvalue weighted by Crippen LogP contribution is 2.34. The molecule has 176 valence electrons. The van der Waals surface area contributed by atoms with E-state index >= 15 is 0 Å². The van der Waals surface area contributed by atoms with E-state index in [1.54, 1.807) is 23.1 Å². The molecule has 0 spiro atoms. The number of fused-ring (bicyclic) bond motifs is 1. The summed E-state index contributed by atoms with van der Waals surface area (Å²) in [5.74, 6) is 1.70. The number of hydrogen-bond donors (Lipinski definition) is 1. The third kappa shape index (κ3) is 5.67. The minimum atomic E-state index is -0.274. The molecule has 0 radical (unpaired) electrons. The molecule has 7 nitrogen and oxygen atoms in total. The fourth-order valence-corrected chi connectivity index (χ4v) is 3.82. The highest BCUT2D eigenvalue weighted by atomic mass is 16.5. The number of anilines is 2. The van der Waals surface area contributed by atoms with Gasteiger partial charge in [-0.2, -0.15) is 0 Å². The molecular weight excluding hydrogens is 432 g/mol. The van der Waals surface area contributed by atoms with Crippen molar-refractivity contribution in [2.24, 2.45) is 0 Å². The van der Waals surface area contributed by atoms with Crippen LogP contribution in [0.5, 0.6) is 17.2 Å². The number of carbonyl (C=O) groups is 2. The van der Waals surface area contributed by atoms with Crippen LogP contribution >= 0.6 is 0 Å². The Kier molecular flexibility index (Phi) is 7.32. The van der Waals surface area contributed by atoms with Crippen molar-refractivity contribution in [2.75, 3.05) is 36.6 Å². The van der Waals surface area contributed by atoms with Gasteiger partial charge in [0.2, 0.25) is 0 Å². The number of nitrogens with zero attached hydrogens (tertiary/aromatic N) is 1. The highest BCUT2D eigenvalue weighted by Gasteiger charge is 2.25. The van der Waals surface area contributed by atoms with Gasteiger partial charge in [0.05, 0.1) is 12.3 Å². The molecule has 0 aliphatic carbocycles. The van der Waals surface area contributed by atoms with Crippen LogP contribution in [0.3, 0.4) is 0 Å². The Morgan fingerprint density at radius 3 is 2.53 bits per heavy atom. The lowest BCUT2D eigenvalue weighted by Crippen LogP contribution is -2.39. The van der Waals surface area contributed by atoms with Crippen molar-refractivity contribution in [1.82, 2.24) is 0 Å². The second kappa shape index (κ2) is 10.7. The van der Waals surface area contributed by atoms with E-state index in [0.717, 1.165) is 22.6 Å². The first-order valence-corrected chi connectivity index (χ1v) is 11.2. The average molecular weight is 461 g/mol. The van der Waals surface area contributed by atoms with Crippen molar-refractivity contribution in [3.63, 3.8) is 0 Å². The Bertz CT molecular complexity index is 1140. The summed E-state index contributed by atoms with van der Waals surface area (Å²) in [6, 6.07) is 20.7. The first kappa shape index (κ1) is 23.2. The van der Waals surface area contributed by atoms with Crippen molar-refractivity contribution in [3.8, 4) is 17.2 Å². The van der Waals surface area contributed by atoms with E-state index in [1.165, 1.54) is 0 Å². The summed E-state index contributed by atoms with van der Waals surface area (Å²) >= 11 is 0. The molecule has 1 heterocycles. The molecule has 0 atom stereocenters. The summed E-state index contributed by atoms with van der Waals surface area (Å²) in [6.45, 7) is 4.76. The third-order valence-electron chi connectivity index (χ3n) is 5.48. The van der Waals surface area contributed by atoms with Crippen LogP contribution in [0.4, 0.5) is 11.4 Å². The number of nitrogens with one attached hydrogen (secondary N) is 1. The highest BCUT2D eigenvalue weighted by molar-refractivity contribution is 5.99. The summed E-state index contributed by atoms with van der Waals surface area (Å²) in [4.78, 5) is 26.6. The van der Waals surface area contributed by atoms with Crippen molar-refractivity contribution in [3.05, 3.63) is 77.9 Å². The van der Waals surface area contributed by atoms with Crippen LogP contribution in [0.25, 0.3) is 0 Å². The minimum absolute atomic E-state index is 0.0420. The maximum Gasteiger partial charge on any atom is 0.265 e. The van der Waals surface area contributed by atoms with Gasteiger partial charge in [-0.15, -0.1) is 0 Å². The zero-order valence-corrected chi connectivity index (χ0v) is 19.4. The molecular formula is C27H28N2O5. The molecule has 3 aromatic rings. The SMILES string of the molecule is Cc1cccc(C)c1OCC(=O)Nc1ccc2c(c1)OCC(=O)N2CCCOc1ccccc1. The van der Waals surface area contributed by atoms with Gasteiger partial charge in [0.15, 0.2) is 13.2 Å². The van der Waals surface area contributed by atoms with Crippen molar-refractivity contribution in [2.45, 2.75) is 20.3 Å². The number of amides is 2. The van der Waals surface area contributed by atoms with E-state index in [2.05, 4.69) is 5.32 Å². The molecule has 34 heavy (non-hydrogen) atoms. The van der Waals surface area contributed by atoms with Crippen LogP contribution in [0.15, 0.2) is 66.7 Å². The molecule has 3 aromatic carbocycles. The lowest BCUT2D eigenvalue weighted by molar-refractivity contribution is -0.121. The van der Waals surface area contributed by atoms with Crippen molar-refractivity contribution >= 4 is 23.2 Å². The molecule has 0 aromatic heterocycles. The summed E-state index contributed by atoms with van der Waals surface area (Å²) < 4.78 is 17.1. The standard InChI is InChI=1S/C27H28N2O5/c1-19-8-6-9-20(2)27(19)34-17-25(30)28-21-12-13-23-24(16-21)33-18-26(31)29(23)14-7-15-32-22-10-4-3-5-11-22/h3-6,8-13,16H,7,14-15,17-18H2,1-2H3,(H,28,30). The molecule has 1 aliphatic rings. The lowest BCUT2D eigenvalue weighted by Gasteiger charge is -2.29. The minimum Gasteiger partial charge on any atom is -0.494 e. The number of rotatable bonds is 9. The van der Waals surface area contributed by atoms with E-state index in [1.807, 2.05) is 62.4 Å². The fraction of sp³-hybridized carbons (Fsp3) is 0.259. The van der Waals surface area contributed by atoms with Gasteiger partial charge in [-0.1, -0.05) is 36.4 Å². The van der Waals surface area contributed by atoms with Crippen LogP contribution in [-0.2, 0) is 9.59 Å². The first-order chi connectivity index (χ1) is 16.5. The number of para-hydroxylation sites is 2. The summed E-state index contributed by atoms with van der Waals surface area (Å²) in [6.07, 6.45) is 0.675. The molecule has 0 fully saturated rings. The van der Waals surface area contributed by atoms with E-state index < -0.39 is 0 Å². The summed E-state index contributed by atoms with van der Waals surface area (Å²) in [7, 11) is 0. The Morgan fingerprint density at radius 2 is 1.76 bits per heavy atom. The van der Waals surface area contributed by atoms with Crippen LogP contribution in [0.2, 0.25) is 0 Å². The predicted octanol–water partition coefficient (Wildman–Crippen LogP) is 4.52.